The van der Waals surface area contributed by atoms with Crippen molar-refractivity contribution in [3.8, 4) is 0 Å². The lowest BCUT2D eigenvalue weighted by molar-refractivity contribution is -0.187. The number of hydrogen-bond acceptors (Lipinski definition) is 4. The van der Waals surface area contributed by atoms with Crippen molar-refractivity contribution < 1.29 is 18.7 Å². The Bertz CT molecular complexity index is 1330. The maximum atomic E-state index is 13.6. The van der Waals surface area contributed by atoms with E-state index in [0.717, 1.165) is 40.4 Å². The summed E-state index contributed by atoms with van der Waals surface area (Å²) in [5.41, 5.74) is 4.45. The number of hydrogen-bond donors (Lipinski definition) is 0. The molecule has 2 aromatic heterocycles. The first-order chi connectivity index (χ1) is 17.6. The summed E-state index contributed by atoms with van der Waals surface area (Å²) in [5.74, 6) is -0.605. The fourth-order valence-electron chi connectivity index (χ4n) is 5.54. The predicted molar refractivity (Wildman–Crippen MR) is 139 cm³/mol. The zero-order valence-electron chi connectivity index (χ0n) is 20.1. The van der Waals surface area contributed by atoms with Crippen LogP contribution in [0.15, 0.2) is 71.6 Å². The van der Waals surface area contributed by atoms with Gasteiger partial charge in [0.2, 0.25) is 5.91 Å². The Hall–Kier alpha value is -3.00. The average Bonchev–Trinajstić information content (AvgIpc) is 3.66. The van der Waals surface area contributed by atoms with E-state index in [1.165, 1.54) is 12.1 Å². The zero-order chi connectivity index (χ0) is 24.5. The molecule has 1 amide bonds. The molecule has 0 radical (unpaired) electrons. The molecule has 0 aliphatic carbocycles. The topological polar surface area (TPSA) is 43.7 Å². The van der Waals surface area contributed by atoms with Crippen molar-refractivity contribution in [1.82, 2.24) is 9.47 Å². The Labute approximate surface area is 214 Å². The van der Waals surface area contributed by atoms with Gasteiger partial charge in [0.05, 0.1) is 13.2 Å². The second-order valence-electron chi connectivity index (χ2n) is 9.66. The second-order valence-corrected chi connectivity index (χ2v) is 10.4. The molecule has 186 valence electrons. The summed E-state index contributed by atoms with van der Waals surface area (Å²) in [5, 5.41) is 5.37. The third-order valence-corrected chi connectivity index (χ3v) is 8.18. The first-order valence-corrected chi connectivity index (χ1v) is 13.4. The molecule has 0 bridgehead atoms. The Kier molecular flexibility index (Phi) is 6.37. The smallest absolute Gasteiger partial charge is 0.223 e. The number of para-hydroxylation sites is 1. The largest absolute Gasteiger partial charge is 0.347 e. The highest BCUT2D eigenvalue weighted by atomic mass is 32.1. The fraction of sp³-hybridized carbons (Fsp3) is 0.345. The van der Waals surface area contributed by atoms with Crippen molar-refractivity contribution in [1.29, 1.82) is 0 Å². The predicted octanol–water partition coefficient (Wildman–Crippen LogP) is 5.78. The number of nitrogens with zero attached hydrogens (tertiary/aromatic N) is 2. The molecule has 2 aliphatic rings. The molecule has 2 aromatic carbocycles. The van der Waals surface area contributed by atoms with Gasteiger partial charge in [-0.15, -0.1) is 0 Å². The molecule has 1 atom stereocenters. The van der Waals surface area contributed by atoms with Crippen LogP contribution in [0, 0.1) is 5.82 Å². The second kappa shape index (κ2) is 9.81. The summed E-state index contributed by atoms with van der Waals surface area (Å²) in [6.45, 7) is 3.22. The number of amides is 1. The van der Waals surface area contributed by atoms with Crippen molar-refractivity contribution in [2.24, 2.45) is 0 Å². The molecule has 5 nitrogen and oxygen atoms in total. The number of benzene rings is 2. The Morgan fingerprint density at radius 3 is 2.50 bits per heavy atom. The van der Waals surface area contributed by atoms with Crippen LogP contribution in [-0.4, -0.2) is 47.5 Å². The molecule has 36 heavy (non-hydrogen) atoms. The van der Waals surface area contributed by atoms with Crippen LogP contribution < -0.4 is 0 Å². The van der Waals surface area contributed by atoms with E-state index in [1.54, 1.807) is 11.3 Å². The van der Waals surface area contributed by atoms with Crippen LogP contribution in [0.2, 0.25) is 0 Å². The van der Waals surface area contributed by atoms with Gasteiger partial charge < -0.3 is 18.9 Å². The summed E-state index contributed by atoms with van der Waals surface area (Å²) in [6, 6.07) is 17.1. The molecular weight excluding hydrogens is 475 g/mol. The number of aromatic nitrogens is 1. The molecule has 6 rings (SSSR count). The molecular formula is C29H29FN2O3S. The van der Waals surface area contributed by atoms with Gasteiger partial charge in [-0.3, -0.25) is 4.79 Å². The molecule has 4 heterocycles. The molecule has 2 saturated heterocycles. The zero-order valence-corrected chi connectivity index (χ0v) is 20.9. The van der Waals surface area contributed by atoms with Gasteiger partial charge in [0.25, 0.3) is 0 Å². The number of carbonyl (C=O) groups excluding carboxylic acids is 1. The van der Waals surface area contributed by atoms with Crippen molar-refractivity contribution in [2.75, 3.05) is 26.3 Å². The minimum atomic E-state index is -0.489. The maximum Gasteiger partial charge on any atom is 0.223 e. The number of likely N-dealkylation sites (tertiary alicyclic amines) is 1. The number of carbonyl (C=O) groups is 1. The quantitative estimate of drug-likeness (QED) is 0.335. The normalized spacial score (nSPS) is 18.2. The first kappa shape index (κ1) is 23.4. The molecule has 1 unspecified atom stereocenters. The molecule has 0 saturated carbocycles. The Morgan fingerprint density at radius 2 is 1.78 bits per heavy atom. The van der Waals surface area contributed by atoms with Gasteiger partial charge in [-0.25, -0.2) is 4.39 Å². The van der Waals surface area contributed by atoms with Gasteiger partial charge in [-0.05, 0) is 51.7 Å². The highest BCUT2D eigenvalue weighted by Crippen LogP contribution is 2.37. The minimum absolute atomic E-state index is 0.0435. The van der Waals surface area contributed by atoms with Crippen molar-refractivity contribution in [3.63, 3.8) is 0 Å². The monoisotopic (exact) mass is 504 g/mol. The maximum absolute atomic E-state index is 13.6. The van der Waals surface area contributed by atoms with E-state index in [2.05, 4.69) is 39.7 Å². The van der Waals surface area contributed by atoms with Gasteiger partial charge >= 0.3 is 0 Å². The fourth-order valence-corrected chi connectivity index (χ4v) is 6.25. The lowest BCUT2D eigenvalue weighted by Gasteiger charge is -2.38. The third-order valence-electron chi connectivity index (χ3n) is 7.48. The van der Waals surface area contributed by atoms with Crippen LogP contribution in [-0.2, 0) is 20.8 Å². The number of piperidine rings is 1. The van der Waals surface area contributed by atoms with E-state index < -0.39 is 5.79 Å². The molecule has 0 N–H and O–H groups in total. The van der Waals surface area contributed by atoms with Crippen LogP contribution in [0.25, 0.3) is 10.9 Å². The van der Waals surface area contributed by atoms with Gasteiger partial charge in [-0.2, -0.15) is 11.3 Å². The number of halogens is 1. The number of rotatable bonds is 6. The molecule has 4 aromatic rings. The van der Waals surface area contributed by atoms with Gasteiger partial charge in [0, 0.05) is 61.9 Å². The van der Waals surface area contributed by atoms with E-state index in [1.807, 2.05) is 29.2 Å². The molecule has 1 spiro atoms. The first-order valence-electron chi connectivity index (χ1n) is 12.5. The molecule has 2 aliphatic heterocycles. The standard InChI is InChI=1S/C29H29FN2O3S/c30-23-7-5-21(6-8-23)18-32-19-26(24-3-1-2-4-27(24)32)25(22-9-16-36-20-22)17-28(33)31-12-10-29(11-13-31)34-14-15-35-29/h1-9,16,19-20,25H,10-15,17-18H2. The lowest BCUT2D eigenvalue weighted by atomic mass is 9.89. The van der Waals surface area contributed by atoms with Gasteiger partial charge in [0.1, 0.15) is 5.82 Å². The van der Waals surface area contributed by atoms with Crippen molar-refractivity contribution in [2.45, 2.75) is 37.5 Å². The summed E-state index contributed by atoms with van der Waals surface area (Å²) in [4.78, 5) is 15.5. The third kappa shape index (κ3) is 4.59. The van der Waals surface area contributed by atoms with E-state index in [-0.39, 0.29) is 17.6 Å². The van der Waals surface area contributed by atoms with E-state index >= 15 is 0 Å². The van der Waals surface area contributed by atoms with Gasteiger partial charge in [0.15, 0.2) is 5.79 Å². The van der Waals surface area contributed by atoms with E-state index in [4.69, 9.17) is 9.47 Å². The lowest BCUT2D eigenvalue weighted by Crippen LogP contribution is -2.47. The summed E-state index contributed by atoms with van der Waals surface area (Å²) < 4.78 is 27.3. The van der Waals surface area contributed by atoms with Crippen LogP contribution in [0.4, 0.5) is 4.39 Å². The number of ether oxygens (including phenoxy) is 2. The molecule has 7 heteroatoms. The SMILES string of the molecule is O=C(CC(c1ccsc1)c1cn(Cc2ccc(F)cc2)c2ccccc12)N1CCC2(CC1)OCCO2. The summed E-state index contributed by atoms with van der Waals surface area (Å²) in [7, 11) is 0. The Balaban J connectivity index is 1.29. The number of thiophene rings is 1. The Morgan fingerprint density at radius 1 is 1.03 bits per heavy atom. The summed E-state index contributed by atoms with van der Waals surface area (Å²) in [6.07, 6.45) is 4.03. The highest BCUT2D eigenvalue weighted by molar-refractivity contribution is 7.08. The van der Waals surface area contributed by atoms with E-state index in [9.17, 15) is 9.18 Å². The van der Waals surface area contributed by atoms with Crippen LogP contribution in [0.1, 0.15) is 41.9 Å². The average molecular weight is 505 g/mol. The minimum Gasteiger partial charge on any atom is -0.347 e. The van der Waals surface area contributed by atoms with Crippen LogP contribution >= 0.6 is 11.3 Å². The molecule has 2 fully saturated rings. The van der Waals surface area contributed by atoms with Crippen LogP contribution in [0.3, 0.4) is 0 Å². The number of fused-ring (bicyclic) bond motifs is 1. The summed E-state index contributed by atoms with van der Waals surface area (Å²) >= 11 is 1.65. The van der Waals surface area contributed by atoms with Crippen molar-refractivity contribution >= 4 is 28.1 Å². The highest BCUT2D eigenvalue weighted by Gasteiger charge is 2.41. The van der Waals surface area contributed by atoms with Gasteiger partial charge in [-0.1, -0.05) is 30.3 Å². The van der Waals surface area contributed by atoms with Crippen LogP contribution in [0.5, 0.6) is 0 Å². The van der Waals surface area contributed by atoms with E-state index in [0.29, 0.717) is 39.3 Å². The van der Waals surface area contributed by atoms with Crippen molar-refractivity contribution in [3.05, 3.63) is 94.1 Å².